The molecule has 0 spiro atoms. The van der Waals surface area contributed by atoms with E-state index in [1.807, 2.05) is 12.1 Å². The van der Waals surface area contributed by atoms with Crippen LogP contribution in [0.4, 0.5) is 0 Å². The predicted molar refractivity (Wildman–Crippen MR) is 64.3 cm³/mol. The van der Waals surface area contributed by atoms with Gasteiger partial charge in [0.05, 0.1) is 6.10 Å². The molecule has 0 radical (unpaired) electrons. The molecule has 1 aliphatic carbocycles. The smallest absolute Gasteiger partial charge is 0.123 e. The molecule has 1 fully saturated rings. The molecule has 1 aliphatic rings. The van der Waals surface area contributed by atoms with Crippen LogP contribution in [0.1, 0.15) is 43.7 Å². The summed E-state index contributed by atoms with van der Waals surface area (Å²) in [7, 11) is 0. The largest absolute Gasteiger partial charge is 0.491 e. The van der Waals surface area contributed by atoms with E-state index in [4.69, 9.17) is 4.74 Å². The number of benzene rings is 1. The van der Waals surface area contributed by atoms with Crippen molar-refractivity contribution in [3.63, 3.8) is 0 Å². The number of rotatable bonds is 4. The van der Waals surface area contributed by atoms with Crippen LogP contribution in [0.5, 0.6) is 5.75 Å². The SMILES string of the molecule is C=Cc1cccc(OC(C)C)c1C1CC1. The summed E-state index contributed by atoms with van der Waals surface area (Å²) in [5.41, 5.74) is 2.59. The first kappa shape index (κ1) is 10.3. The Morgan fingerprint density at radius 1 is 1.40 bits per heavy atom. The third kappa shape index (κ3) is 2.23. The molecule has 0 unspecified atom stereocenters. The Bertz CT molecular complexity index is 362. The molecule has 1 nitrogen and oxygen atoms in total. The molecule has 0 bridgehead atoms. The van der Waals surface area contributed by atoms with Gasteiger partial charge in [0.25, 0.3) is 0 Å². The van der Waals surface area contributed by atoms with Crippen LogP contribution in [0.3, 0.4) is 0 Å². The molecular formula is C14H18O. The lowest BCUT2D eigenvalue weighted by Gasteiger charge is -2.15. The number of hydrogen-bond acceptors (Lipinski definition) is 1. The van der Waals surface area contributed by atoms with Crippen LogP contribution in [-0.4, -0.2) is 6.10 Å². The molecular weight excluding hydrogens is 184 g/mol. The zero-order chi connectivity index (χ0) is 10.8. The molecule has 0 atom stereocenters. The summed E-state index contributed by atoms with van der Waals surface area (Å²) in [5, 5.41) is 0. The van der Waals surface area contributed by atoms with Crippen molar-refractivity contribution in [2.24, 2.45) is 0 Å². The van der Waals surface area contributed by atoms with E-state index in [0.717, 1.165) is 5.75 Å². The zero-order valence-electron chi connectivity index (χ0n) is 9.49. The van der Waals surface area contributed by atoms with Crippen LogP contribution in [0.15, 0.2) is 24.8 Å². The summed E-state index contributed by atoms with van der Waals surface area (Å²) >= 11 is 0. The fraction of sp³-hybridized carbons (Fsp3) is 0.429. The zero-order valence-corrected chi connectivity index (χ0v) is 9.49. The van der Waals surface area contributed by atoms with Gasteiger partial charge in [-0.05, 0) is 44.2 Å². The normalized spacial score (nSPS) is 15.4. The van der Waals surface area contributed by atoms with E-state index >= 15 is 0 Å². The van der Waals surface area contributed by atoms with Crippen LogP contribution in [-0.2, 0) is 0 Å². The monoisotopic (exact) mass is 202 g/mol. The van der Waals surface area contributed by atoms with Crippen LogP contribution in [0.2, 0.25) is 0 Å². The second-order valence-corrected chi connectivity index (χ2v) is 4.40. The average molecular weight is 202 g/mol. The standard InChI is InChI=1S/C14H18O/c1-4-11-6-5-7-13(15-10(2)3)14(11)12-8-9-12/h4-7,10,12H,1,8-9H2,2-3H3. The summed E-state index contributed by atoms with van der Waals surface area (Å²) in [4.78, 5) is 0. The molecule has 1 aromatic rings. The van der Waals surface area contributed by atoms with E-state index in [2.05, 4.69) is 32.6 Å². The van der Waals surface area contributed by atoms with Crippen molar-refractivity contribution < 1.29 is 4.74 Å². The maximum Gasteiger partial charge on any atom is 0.123 e. The minimum atomic E-state index is 0.238. The van der Waals surface area contributed by atoms with Gasteiger partial charge in [-0.25, -0.2) is 0 Å². The van der Waals surface area contributed by atoms with Gasteiger partial charge >= 0.3 is 0 Å². The first-order chi connectivity index (χ1) is 7.22. The van der Waals surface area contributed by atoms with Gasteiger partial charge in [-0.1, -0.05) is 24.8 Å². The third-order valence-corrected chi connectivity index (χ3v) is 2.67. The van der Waals surface area contributed by atoms with Gasteiger partial charge in [0.1, 0.15) is 5.75 Å². The Hall–Kier alpha value is -1.24. The summed E-state index contributed by atoms with van der Waals surface area (Å²) in [6, 6.07) is 6.23. The third-order valence-electron chi connectivity index (χ3n) is 2.67. The molecule has 15 heavy (non-hydrogen) atoms. The lowest BCUT2D eigenvalue weighted by molar-refractivity contribution is 0.240. The maximum atomic E-state index is 5.84. The molecule has 1 aromatic carbocycles. The molecule has 0 saturated heterocycles. The molecule has 2 rings (SSSR count). The summed E-state index contributed by atoms with van der Waals surface area (Å²) < 4.78 is 5.84. The van der Waals surface area contributed by atoms with Crippen molar-refractivity contribution in [1.29, 1.82) is 0 Å². The van der Waals surface area contributed by atoms with Crippen LogP contribution in [0.25, 0.3) is 6.08 Å². The summed E-state index contributed by atoms with van der Waals surface area (Å²) in [6.45, 7) is 8.00. The van der Waals surface area contributed by atoms with E-state index in [-0.39, 0.29) is 6.10 Å². The Morgan fingerprint density at radius 2 is 2.13 bits per heavy atom. The summed E-state index contributed by atoms with van der Waals surface area (Å²) in [6.07, 6.45) is 4.75. The van der Waals surface area contributed by atoms with Crippen molar-refractivity contribution in [1.82, 2.24) is 0 Å². The highest BCUT2D eigenvalue weighted by Crippen LogP contribution is 2.46. The fourth-order valence-electron chi connectivity index (χ4n) is 1.90. The minimum absolute atomic E-state index is 0.238. The van der Waals surface area contributed by atoms with Crippen molar-refractivity contribution in [3.8, 4) is 5.75 Å². The molecule has 1 heteroatoms. The van der Waals surface area contributed by atoms with Crippen molar-refractivity contribution in [2.45, 2.75) is 38.7 Å². The van der Waals surface area contributed by atoms with E-state index in [0.29, 0.717) is 5.92 Å². The van der Waals surface area contributed by atoms with E-state index < -0.39 is 0 Å². The molecule has 0 N–H and O–H groups in total. The molecule has 0 aliphatic heterocycles. The van der Waals surface area contributed by atoms with Gasteiger partial charge in [-0.3, -0.25) is 0 Å². The number of hydrogen-bond donors (Lipinski definition) is 0. The van der Waals surface area contributed by atoms with Gasteiger partial charge in [0, 0.05) is 5.56 Å². The second-order valence-electron chi connectivity index (χ2n) is 4.40. The maximum absolute atomic E-state index is 5.84. The molecule has 0 amide bonds. The highest BCUT2D eigenvalue weighted by molar-refractivity contribution is 5.59. The van der Waals surface area contributed by atoms with E-state index in [9.17, 15) is 0 Å². The van der Waals surface area contributed by atoms with E-state index in [1.54, 1.807) is 0 Å². The Labute approximate surface area is 91.8 Å². The lowest BCUT2D eigenvalue weighted by Crippen LogP contribution is -2.07. The van der Waals surface area contributed by atoms with Crippen molar-refractivity contribution in [2.75, 3.05) is 0 Å². The lowest BCUT2D eigenvalue weighted by atomic mass is 10.0. The van der Waals surface area contributed by atoms with Gasteiger partial charge in [-0.2, -0.15) is 0 Å². The molecule has 0 aromatic heterocycles. The van der Waals surface area contributed by atoms with Crippen LogP contribution in [0, 0.1) is 0 Å². The molecule has 1 saturated carbocycles. The average Bonchev–Trinajstić information content (AvgIpc) is 3.00. The second kappa shape index (κ2) is 4.09. The Kier molecular flexibility index (Phi) is 2.81. The van der Waals surface area contributed by atoms with Gasteiger partial charge in [0.15, 0.2) is 0 Å². The molecule has 80 valence electrons. The highest BCUT2D eigenvalue weighted by Gasteiger charge is 2.28. The number of ether oxygens (including phenoxy) is 1. The van der Waals surface area contributed by atoms with Gasteiger partial charge in [0.2, 0.25) is 0 Å². The van der Waals surface area contributed by atoms with Crippen LogP contribution < -0.4 is 4.74 Å². The first-order valence-electron chi connectivity index (χ1n) is 5.64. The van der Waals surface area contributed by atoms with E-state index in [1.165, 1.54) is 24.0 Å². The predicted octanol–water partition coefficient (Wildman–Crippen LogP) is 3.99. The van der Waals surface area contributed by atoms with Crippen LogP contribution >= 0.6 is 0 Å². The fourth-order valence-corrected chi connectivity index (χ4v) is 1.90. The Balaban J connectivity index is 2.38. The first-order valence-corrected chi connectivity index (χ1v) is 5.64. The van der Waals surface area contributed by atoms with Crippen molar-refractivity contribution >= 4 is 6.08 Å². The quantitative estimate of drug-likeness (QED) is 0.717. The topological polar surface area (TPSA) is 9.23 Å². The molecule has 0 heterocycles. The highest BCUT2D eigenvalue weighted by atomic mass is 16.5. The van der Waals surface area contributed by atoms with Gasteiger partial charge < -0.3 is 4.74 Å². The summed E-state index contributed by atoms with van der Waals surface area (Å²) in [5.74, 6) is 1.75. The minimum Gasteiger partial charge on any atom is -0.491 e. The Morgan fingerprint density at radius 3 is 2.67 bits per heavy atom. The van der Waals surface area contributed by atoms with Gasteiger partial charge in [-0.15, -0.1) is 0 Å². The van der Waals surface area contributed by atoms with Crippen molar-refractivity contribution in [3.05, 3.63) is 35.9 Å².